The van der Waals surface area contributed by atoms with Crippen LogP contribution in [0.15, 0.2) is 24.3 Å². The minimum absolute atomic E-state index is 0.712. The first-order valence-electron chi connectivity index (χ1n) is 4.93. The van der Waals surface area contributed by atoms with Crippen LogP contribution in [0.25, 0.3) is 0 Å². The highest BCUT2D eigenvalue weighted by molar-refractivity contribution is 5.21. The molecule has 1 nitrogen and oxygen atoms in total. The molecule has 0 radical (unpaired) electrons. The molecular formula is C12H20O. The fraction of sp³-hybridized carbons (Fsp3) is 0.500. The van der Waals surface area contributed by atoms with E-state index in [2.05, 4.69) is 31.2 Å². The van der Waals surface area contributed by atoms with Gasteiger partial charge in [-0.15, -0.1) is 0 Å². The molecule has 0 bridgehead atoms. The van der Waals surface area contributed by atoms with Crippen molar-refractivity contribution in [1.82, 2.24) is 0 Å². The molecule has 0 N–H and O–H groups in total. The van der Waals surface area contributed by atoms with Gasteiger partial charge in [0.25, 0.3) is 0 Å². The van der Waals surface area contributed by atoms with Crippen molar-refractivity contribution in [2.24, 2.45) is 0 Å². The van der Waals surface area contributed by atoms with Crippen molar-refractivity contribution in [2.75, 3.05) is 7.11 Å². The van der Waals surface area contributed by atoms with Gasteiger partial charge in [0.1, 0.15) is 0 Å². The van der Waals surface area contributed by atoms with Crippen molar-refractivity contribution in [3.63, 3.8) is 0 Å². The third kappa shape index (κ3) is 4.69. The maximum absolute atomic E-state index is 5.00. The molecule has 13 heavy (non-hydrogen) atoms. The average molecular weight is 180 g/mol. The zero-order chi connectivity index (χ0) is 10.1. The Morgan fingerprint density at radius 1 is 1.00 bits per heavy atom. The molecule has 1 aromatic rings. The van der Waals surface area contributed by atoms with Crippen molar-refractivity contribution >= 4 is 0 Å². The van der Waals surface area contributed by atoms with E-state index in [0.29, 0.717) is 6.61 Å². The molecule has 74 valence electrons. The van der Waals surface area contributed by atoms with E-state index >= 15 is 0 Å². The first-order valence-corrected chi connectivity index (χ1v) is 4.93. The summed E-state index contributed by atoms with van der Waals surface area (Å²) in [5.74, 6) is 0. The molecule has 0 heterocycles. The number of aryl methyl sites for hydroxylation is 1. The van der Waals surface area contributed by atoms with E-state index < -0.39 is 0 Å². The van der Waals surface area contributed by atoms with Gasteiger partial charge >= 0.3 is 0 Å². The summed E-state index contributed by atoms with van der Waals surface area (Å²) in [5.41, 5.74) is 2.62. The molecule has 0 amide bonds. The molecule has 0 atom stereocenters. The van der Waals surface area contributed by atoms with Crippen molar-refractivity contribution < 1.29 is 4.74 Å². The fourth-order valence-corrected chi connectivity index (χ4v) is 1.04. The van der Waals surface area contributed by atoms with Crippen LogP contribution < -0.4 is 0 Å². The molecular weight excluding hydrogens is 160 g/mol. The van der Waals surface area contributed by atoms with Crippen LogP contribution >= 0.6 is 0 Å². The molecule has 0 fully saturated rings. The molecule has 0 aliphatic carbocycles. The van der Waals surface area contributed by atoms with E-state index in [1.807, 2.05) is 13.8 Å². The van der Waals surface area contributed by atoms with Crippen LogP contribution in [0.5, 0.6) is 0 Å². The Labute approximate surface area is 81.7 Å². The number of rotatable bonds is 3. The predicted octanol–water partition coefficient (Wildman–Crippen LogP) is 3.42. The summed E-state index contributed by atoms with van der Waals surface area (Å²) in [4.78, 5) is 0. The van der Waals surface area contributed by atoms with Crippen LogP contribution in [-0.2, 0) is 17.8 Å². The Balaban J connectivity index is 0.000000671. The Morgan fingerprint density at radius 3 is 1.85 bits per heavy atom. The van der Waals surface area contributed by atoms with Gasteiger partial charge in [-0.1, -0.05) is 45.0 Å². The molecule has 1 aromatic carbocycles. The van der Waals surface area contributed by atoms with Crippen molar-refractivity contribution in [1.29, 1.82) is 0 Å². The van der Waals surface area contributed by atoms with E-state index in [1.165, 1.54) is 11.1 Å². The summed E-state index contributed by atoms with van der Waals surface area (Å²) in [7, 11) is 1.72. The first kappa shape index (κ1) is 12.2. The molecule has 0 saturated heterocycles. The topological polar surface area (TPSA) is 9.23 Å². The molecule has 1 rings (SSSR count). The first-order chi connectivity index (χ1) is 6.36. The van der Waals surface area contributed by atoms with Gasteiger partial charge in [0.05, 0.1) is 6.61 Å². The van der Waals surface area contributed by atoms with Gasteiger partial charge in [-0.2, -0.15) is 0 Å². The molecule has 0 unspecified atom stereocenters. The van der Waals surface area contributed by atoms with Crippen LogP contribution in [0.4, 0.5) is 0 Å². The highest BCUT2D eigenvalue weighted by atomic mass is 16.5. The van der Waals surface area contributed by atoms with Gasteiger partial charge in [0, 0.05) is 7.11 Å². The van der Waals surface area contributed by atoms with Crippen molar-refractivity contribution in [2.45, 2.75) is 33.8 Å². The monoisotopic (exact) mass is 180 g/mol. The maximum Gasteiger partial charge on any atom is 0.0713 e. The highest BCUT2D eigenvalue weighted by Gasteiger charge is 1.90. The Kier molecular flexibility index (Phi) is 7.32. The third-order valence-corrected chi connectivity index (χ3v) is 1.74. The molecule has 1 heteroatoms. The summed E-state index contributed by atoms with van der Waals surface area (Å²) < 4.78 is 5.00. The SMILES string of the molecule is CC.CCc1ccc(COC)cc1. The number of methoxy groups -OCH3 is 1. The summed E-state index contributed by atoms with van der Waals surface area (Å²) in [5, 5.41) is 0. The second kappa shape index (κ2) is 7.81. The minimum Gasteiger partial charge on any atom is -0.380 e. The molecule has 0 aromatic heterocycles. The zero-order valence-corrected chi connectivity index (χ0v) is 9.13. The number of hydrogen-bond acceptors (Lipinski definition) is 1. The number of benzene rings is 1. The Morgan fingerprint density at radius 2 is 1.46 bits per heavy atom. The molecule has 0 saturated carbocycles. The standard InChI is InChI=1S/C10H14O.C2H6/c1-3-9-4-6-10(7-5-9)8-11-2;1-2/h4-7H,3,8H2,1-2H3;1-2H3. The van der Waals surface area contributed by atoms with Gasteiger partial charge in [0.15, 0.2) is 0 Å². The highest BCUT2D eigenvalue weighted by Crippen LogP contribution is 2.05. The average Bonchev–Trinajstić information content (AvgIpc) is 2.23. The van der Waals surface area contributed by atoms with Crippen molar-refractivity contribution in [3.8, 4) is 0 Å². The largest absolute Gasteiger partial charge is 0.380 e. The predicted molar refractivity (Wildman–Crippen MR) is 57.9 cm³/mol. The van der Waals surface area contributed by atoms with E-state index in [0.717, 1.165) is 6.42 Å². The van der Waals surface area contributed by atoms with Crippen LogP contribution in [0, 0.1) is 0 Å². The molecule has 0 aliphatic rings. The third-order valence-electron chi connectivity index (χ3n) is 1.74. The van der Waals surface area contributed by atoms with E-state index in [-0.39, 0.29) is 0 Å². The lowest BCUT2D eigenvalue weighted by molar-refractivity contribution is 0.185. The van der Waals surface area contributed by atoms with Gasteiger partial charge in [-0.05, 0) is 17.5 Å². The van der Waals surface area contributed by atoms with Gasteiger partial charge < -0.3 is 4.74 Å². The minimum atomic E-state index is 0.712. The van der Waals surface area contributed by atoms with E-state index in [4.69, 9.17) is 4.74 Å². The fourth-order valence-electron chi connectivity index (χ4n) is 1.04. The second-order valence-corrected chi connectivity index (χ2v) is 2.60. The lowest BCUT2D eigenvalue weighted by Gasteiger charge is -2.00. The van der Waals surface area contributed by atoms with E-state index in [9.17, 15) is 0 Å². The summed E-state index contributed by atoms with van der Waals surface area (Å²) >= 11 is 0. The summed E-state index contributed by atoms with van der Waals surface area (Å²) in [6, 6.07) is 8.52. The smallest absolute Gasteiger partial charge is 0.0713 e. The Bertz CT molecular complexity index is 201. The normalized spacial score (nSPS) is 8.92. The van der Waals surface area contributed by atoms with Crippen LogP contribution in [0.3, 0.4) is 0 Å². The summed E-state index contributed by atoms with van der Waals surface area (Å²) in [6.07, 6.45) is 1.10. The van der Waals surface area contributed by atoms with Crippen LogP contribution in [-0.4, -0.2) is 7.11 Å². The van der Waals surface area contributed by atoms with Crippen LogP contribution in [0.1, 0.15) is 31.9 Å². The van der Waals surface area contributed by atoms with Gasteiger partial charge in [-0.3, -0.25) is 0 Å². The number of ether oxygens (including phenoxy) is 1. The van der Waals surface area contributed by atoms with Crippen molar-refractivity contribution in [3.05, 3.63) is 35.4 Å². The van der Waals surface area contributed by atoms with E-state index in [1.54, 1.807) is 7.11 Å². The van der Waals surface area contributed by atoms with Gasteiger partial charge in [0.2, 0.25) is 0 Å². The lowest BCUT2D eigenvalue weighted by Crippen LogP contribution is -1.87. The summed E-state index contributed by atoms with van der Waals surface area (Å²) in [6.45, 7) is 6.87. The second-order valence-electron chi connectivity index (χ2n) is 2.60. The van der Waals surface area contributed by atoms with Gasteiger partial charge in [-0.25, -0.2) is 0 Å². The quantitative estimate of drug-likeness (QED) is 0.692. The number of hydrogen-bond donors (Lipinski definition) is 0. The molecule has 0 spiro atoms. The maximum atomic E-state index is 5.00. The van der Waals surface area contributed by atoms with Crippen LogP contribution in [0.2, 0.25) is 0 Å². The molecule has 0 aliphatic heterocycles. The Hall–Kier alpha value is -0.820. The lowest BCUT2D eigenvalue weighted by atomic mass is 10.1. The zero-order valence-electron chi connectivity index (χ0n) is 9.13.